The fraction of sp³-hybridized carbons (Fsp3) is 0.212. The van der Waals surface area contributed by atoms with E-state index in [1.807, 2.05) is 12.1 Å². The van der Waals surface area contributed by atoms with Gasteiger partial charge in [-0.15, -0.1) is 0 Å². The van der Waals surface area contributed by atoms with Gasteiger partial charge >= 0.3 is 0 Å². The van der Waals surface area contributed by atoms with Crippen LogP contribution in [0.3, 0.4) is 0 Å². The Labute approximate surface area is 212 Å². The highest BCUT2D eigenvalue weighted by Crippen LogP contribution is 2.37. The highest BCUT2D eigenvalue weighted by atomic mass is 16.5. The van der Waals surface area contributed by atoms with Crippen molar-refractivity contribution in [1.29, 1.82) is 0 Å². The highest BCUT2D eigenvalue weighted by Gasteiger charge is 2.17. The highest BCUT2D eigenvalue weighted by molar-refractivity contribution is 5.94. The summed E-state index contributed by atoms with van der Waals surface area (Å²) < 4.78 is 6.48. The zero-order chi connectivity index (χ0) is 24.3. The van der Waals surface area contributed by atoms with Gasteiger partial charge in [-0.3, -0.25) is 4.90 Å². The van der Waals surface area contributed by atoms with E-state index in [9.17, 15) is 5.11 Å². The summed E-state index contributed by atoms with van der Waals surface area (Å²) in [5.41, 5.74) is 4.79. The smallest absolute Gasteiger partial charge is 0.123 e. The minimum atomic E-state index is 0.281. The van der Waals surface area contributed by atoms with E-state index in [1.165, 1.54) is 64.2 Å². The fourth-order valence-electron chi connectivity index (χ4n) is 5.54. The SMILES string of the molecule is Oc1ccc(-c2ccc3ccccc3c2Cc2c(OCCN3CCCC3)ccc3ccccc23)cc1. The van der Waals surface area contributed by atoms with Gasteiger partial charge in [0, 0.05) is 18.5 Å². The number of hydrogen-bond acceptors (Lipinski definition) is 3. The number of rotatable bonds is 7. The molecule has 0 aliphatic carbocycles. The van der Waals surface area contributed by atoms with Crippen LogP contribution in [0, 0.1) is 0 Å². The van der Waals surface area contributed by atoms with E-state index < -0.39 is 0 Å². The van der Waals surface area contributed by atoms with Crippen LogP contribution >= 0.6 is 0 Å². The fourth-order valence-corrected chi connectivity index (χ4v) is 5.54. The third-order valence-electron chi connectivity index (χ3n) is 7.43. The number of likely N-dealkylation sites (tertiary alicyclic amines) is 1. The number of nitrogens with zero attached hydrogens (tertiary/aromatic N) is 1. The predicted molar refractivity (Wildman–Crippen MR) is 149 cm³/mol. The first kappa shape index (κ1) is 22.6. The Bertz CT molecular complexity index is 1500. The molecule has 0 aromatic heterocycles. The van der Waals surface area contributed by atoms with E-state index >= 15 is 0 Å². The molecule has 5 aromatic rings. The van der Waals surface area contributed by atoms with Crippen molar-refractivity contribution >= 4 is 21.5 Å². The first-order chi connectivity index (χ1) is 17.8. The van der Waals surface area contributed by atoms with Crippen LogP contribution in [-0.2, 0) is 6.42 Å². The Hall–Kier alpha value is -3.82. The summed E-state index contributed by atoms with van der Waals surface area (Å²) in [6.45, 7) is 4.03. The minimum Gasteiger partial charge on any atom is -0.508 e. The Morgan fingerprint density at radius 3 is 2.03 bits per heavy atom. The summed E-state index contributed by atoms with van der Waals surface area (Å²) in [6, 6.07) is 33.5. The van der Waals surface area contributed by atoms with Gasteiger partial charge in [0.15, 0.2) is 0 Å². The first-order valence-electron chi connectivity index (χ1n) is 12.9. The molecule has 6 rings (SSSR count). The second kappa shape index (κ2) is 10.0. The lowest BCUT2D eigenvalue weighted by molar-refractivity contribution is 0.237. The maximum absolute atomic E-state index is 9.88. The topological polar surface area (TPSA) is 32.7 Å². The quantitative estimate of drug-likeness (QED) is 0.267. The van der Waals surface area contributed by atoms with Crippen LogP contribution in [0.5, 0.6) is 11.5 Å². The number of fused-ring (bicyclic) bond motifs is 2. The lowest BCUT2D eigenvalue weighted by Gasteiger charge is -2.20. The molecule has 1 fully saturated rings. The van der Waals surface area contributed by atoms with E-state index in [0.717, 1.165) is 24.3 Å². The van der Waals surface area contributed by atoms with Crippen LogP contribution in [-0.4, -0.2) is 36.2 Å². The Balaban J connectivity index is 1.45. The summed E-state index contributed by atoms with van der Waals surface area (Å²) in [7, 11) is 0. The van der Waals surface area contributed by atoms with Crippen molar-refractivity contribution < 1.29 is 9.84 Å². The maximum Gasteiger partial charge on any atom is 0.123 e. The third kappa shape index (κ3) is 4.55. The molecule has 1 heterocycles. The van der Waals surface area contributed by atoms with Crippen molar-refractivity contribution in [3.63, 3.8) is 0 Å². The van der Waals surface area contributed by atoms with Crippen LogP contribution in [0.2, 0.25) is 0 Å². The number of aromatic hydroxyl groups is 1. The van der Waals surface area contributed by atoms with Gasteiger partial charge < -0.3 is 9.84 Å². The van der Waals surface area contributed by atoms with Crippen molar-refractivity contribution in [2.24, 2.45) is 0 Å². The van der Waals surface area contributed by atoms with E-state index in [1.54, 1.807) is 12.1 Å². The van der Waals surface area contributed by atoms with Gasteiger partial charge in [0.05, 0.1) is 0 Å². The molecule has 3 heteroatoms. The van der Waals surface area contributed by atoms with Crippen LogP contribution in [0.25, 0.3) is 32.7 Å². The van der Waals surface area contributed by atoms with Crippen molar-refractivity contribution in [1.82, 2.24) is 4.90 Å². The van der Waals surface area contributed by atoms with Crippen molar-refractivity contribution in [2.45, 2.75) is 19.3 Å². The molecule has 0 unspecified atom stereocenters. The van der Waals surface area contributed by atoms with Crippen LogP contribution in [0.15, 0.2) is 97.1 Å². The molecule has 3 nitrogen and oxygen atoms in total. The molecule has 0 amide bonds. The zero-order valence-electron chi connectivity index (χ0n) is 20.5. The van der Waals surface area contributed by atoms with Gasteiger partial charge in [0.1, 0.15) is 18.1 Å². The second-order valence-electron chi connectivity index (χ2n) is 9.70. The lowest BCUT2D eigenvalue weighted by Crippen LogP contribution is -2.25. The Kier molecular flexibility index (Phi) is 6.31. The van der Waals surface area contributed by atoms with Crippen molar-refractivity contribution in [3.8, 4) is 22.6 Å². The van der Waals surface area contributed by atoms with Crippen LogP contribution in [0.1, 0.15) is 24.0 Å². The number of phenols is 1. The van der Waals surface area contributed by atoms with Gasteiger partial charge in [0.2, 0.25) is 0 Å². The molecule has 1 aliphatic rings. The number of benzene rings is 5. The molecule has 0 bridgehead atoms. The second-order valence-corrected chi connectivity index (χ2v) is 9.70. The molecule has 180 valence electrons. The molecule has 0 radical (unpaired) electrons. The van der Waals surface area contributed by atoms with E-state index in [2.05, 4.69) is 77.7 Å². The van der Waals surface area contributed by atoms with Crippen LogP contribution < -0.4 is 4.74 Å². The van der Waals surface area contributed by atoms with Gasteiger partial charge in [-0.1, -0.05) is 78.9 Å². The monoisotopic (exact) mass is 473 g/mol. The molecule has 1 aliphatic heterocycles. The molecule has 1 saturated heterocycles. The number of phenolic OH excluding ortho intramolecular Hbond substituents is 1. The van der Waals surface area contributed by atoms with Gasteiger partial charge in [-0.05, 0) is 82.4 Å². The summed E-state index contributed by atoms with van der Waals surface area (Å²) in [4.78, 5) is 2.49. The van der Waals surface area contributed by atoms with E-state index in [-0.39, 0.29) is 5.75 Å². The molecule has 0 saturated carbocycles. The first-order valence-corrected chi connectivity index (χ1v) is 12.9. The van der Waals surface area contributed by atoms with E-state index in [0.29, 0.717) is 6.61 Å². The summed E-state index contributed by atoms with van der Waals surface area (Å²) in [5, 5.41) is 14.8. The average molecular weight is 474 g/mol. The molecular formula is C33H31NO2. The lowest BCUT2D eigenvalue weighted by atomic mass is 9.88. The van der Waals surface area contributed by atoms with Gasteiger partial charge in [0.25, 0.3) is 0 Å². The minimum absolute atomic E-state index is 0.281. The number of ether oxygens (including phenoxy) is 1. The molecular weight excluding hydrogens is 442 g/mol. The third-order valence-corrected chi connectivity index (χ3v) is 7.43. The van der Waals surface area contributed by atoms with Gasteiger partial charge in [-0.2, -0.15) is 0 Å². The molecule has 36 heavy (non-hydrogen) atoms. The summed E-state index contributed by atoms with van der Waals surface area (Å²) in [6.07, 6.45) is 3.35. The largest absolute Gasteiger partial charge is 0.508 e. The van der Waals surface area contributed by atoms with E-state index in [4.69, 9.17) is 4.74 Å². The Morgan fingerprint density at radius 2 is 1.31 bits per heavy atom. The Morgan fingerprint density at radius 1 is 0.667 bits per heavy atom. The van der Waals surface area contributed by atoms with Crippen molar-refractivity contribution in [3.05, 3.63) is 108 Å². The zero-order valence-corrected chi connectivity index (χ0v) is 20.5. The van der Waals surface area contributed by atoms with Crippen molar-refractivity contribution in [2.75, 3.05) is 26.2 Å². The molecule has 0 spiro atoms. The standard InChI is InChI=1S/C33H31NO2/c35-27-15-11-26(12-16-27)30-17-13-24-7-1-3-9-28(24)31(30)23-32-29-10-4-2-8-25(29)14-18-33(32)36-22-21-34-19-5-6-20-34/h1-4,7-18,35H,5-6,19-23H2. The number of hydrogen-bond donors (Lipinski definition) is 1. The van der Waals surface area contributed by atoms with Gasteiger partial charge in [-0.25, -0.2) is 0 Å². The maximum atomic E-state index is 9.88. The molecule has 0 atom stereocenters. The summed E-state index contributed by atoms with van der Waals surface area (Å²) >= 11 is 0. The van der Waals surface area contributed by atoms with Crippen LogP contribution in [0.4, 0.5) is 0 Å². The molecule has 5 aromatic carbocycles. The normalized spacial score (nSPS) is 14.0. The molecule has 1 N–H and O–H groups in total. The average Bonchev–Trinajstić information content (AvgIpc) is 3.44. The summed E-state index contributed by atoms with van der Waals surface area (Å²) in [5.74, 6) is 1.25. The predicted octanol–water partition coefficient (Wildman–Crippen LogP) is 7.43.